The molecule has 0 spiro atoms. The fourth-order valence-corrected chi connectivity index (χ4v) is 1.52. The summed E-state index contributed by atoms with van der Waals surface area (Å²) in [6.07, 6.45) is 0. The van der Waals surface area contributed by atoms with E-state index in [2.05, 4.69) is 41.7 Å². The van der Waals surface area contributed by atoms with Crippen molar-refractivity contribution in [3.8, 4) is 5.75 Å². The Labute approximate surface area is 106 Å². The van der Waals surface area contributed by atoms with Crippen LogP contribution in [-0.2, 0) is 0 Å². The van der Waals surface area contributed by atoms with Crippen molar-refractivity contribution in [1.29, 1.82) is 0 Å². The van der Waals surface area contributed by atoms with Gasteiger partial charge in [0.05, 0.1) is 0 Å². The molecule has 0 saturated heterocycles. The largest absolute Gasteiger partial charge is 0.489 e. The summed E-state index contributed by atoms with van der Waals surface area (Å²) >= 11 is 3.40. The highest BCUT2D eigenvalue weighted by molar-refractivity contribution is 9.10. The van der Waals surface area contributed by atoms with Gasteiger partial charge in [0, 0.05) is 17.1 Å². The molecule has 1 aromatic carbocycles. The van der Waals surface area contributed by atoms with Gasteiger partial charge >= 0.3 is 0 Å². The predicted octanol–water partition coefficient (Wildman–Crippen LogP) is 3.38. The van der Waals surface area contributed by atoms with Gasteiger partial charge in [0.1, 0.15) is 12.4 Å². The van der Waals surface area contributed by atoms with Gasteiger partial charge in [-0.25, -0.2) is 0 Å². The SMILES string of the molecule is C=C(CNC(C)C)COc1cccc(Br)c1. The molecular formula is C13H18BrNO. The van der Waals surface area contributed by atoms with Crippen molar-refractivity contribution in [1.82, 2.24) is 5.32 Å². The van der Waals surface area contributed by atoms with Crippen LogP contribution in [0.3, 0.4) is 0 Å². The summed E-state index contributed by atoms with van der Waals surface area (Å²) in [5.41, 5.74) is 1.05. The van der Waals surface area contributed by atoms with Gasteiger partial charge < -0.3 is 10.1 Å². The monoisotopic (exact) mass is 283 g/mol. The third-order valence-electron chi connectivity index (χ3n) is 2.00. The number of benzene rings is 1. The Hall–Kier alpha value is -0.800. The molecule has 0 bridgehead atoms. The average Bonchev–Trinajstić information content (AvgIpc) is 2.23. The number of ether oxygens (including phenoxy) is 1. The number of rotatable bonds is 6. The molecule has 1 rings (SSSR count). The summed E-state index contributed by atoms with van der Waals surface area (Å²) < 4.78 is 6.64. The van der Waals surface area contributed by atoms with Crippen LogP contribution in [0, 0.1) is 0 Å². The van der Waals surface area contributed by atoms with Crippen LogP contribution in [0.1, 0.15) is 13.8 Å². The molecule has 0 fully saturated rings. The second kappa shape index (κ2) is 6.71. The molecule has 0 radical (unpaired) electrons. The first-order valence-corrected chi connectivity index (χ1v) is 6.15. The molecule has 0 aliphatic carbocycles. The van der Waals surface area contributed by atoms with E-state index in [0.717, 1.165) is 22.3 Å². The minimum Gasteiger partial charge on any atom is -0.489 e. The summed E-state index contributed by atoms with van der Waals surface area (Å²) in [6.45, 7) is 9.54. The summed E-state index contributed by atoms with van der Waals surface area (Å²) in [7, 11) is 0. The van der Waals surface area contributed by atoms with Gasteiger partial charge in [-0.2, -0.15) is 0 Å². The number of halogens is 1. The molecule has 0 amide bonds. The van der Waals surface area contributed by atoms with E-state index in [1.165, 1.54) is 0 Å². The smallest absolute Gasteiger partial charge is 0.120 e. The Balaban J connectivity index is 2.31. The maximum Gasteiger partial charge on any atom is 0.120 e. The normalized spacial score (nSPS) is 10.5. The van der Waals surface area contributed by atoms with Crippen LogP contribution in [0.25, 0.3) is 0 Å². The van der Waals surface area contributed by atoms with Crippen LogP contribution in [0.4, 0.5) is 0 Å². The van der Waals surface area contributed by atoms with Crippen LogP contribution in [-0.4, -0.2) is 19.2 Å². The molecule has 0 unspecified atom stereocenters. The zero-order chi connectivity index (χ0) is 12.0. The molecule has 88 valence electrons. The van der Waals surface area contributed by atoms with Crippen LogP contribution in [0.15, 0.2) is 40.9 Å². The second-order valence-electron chi connectivity index (χ2n) is 4.03. The lowest BCUT2D eigenvalue weighted by atomic mass is 10.3. The molecule has 0 aliphatic heterocycles. The van der Waals surface area contributed by atoms with E-state index >= 15 is 0 Å². The van der Waals surface area contributed by atoms with Crippen molar-refractivity contribution in [2.45, 2.75) is 19.9 Å². The molecule has 16 heavy (non-hydrogen) atoms. The van der Waals surface area contributed by atoms with Crippen molar-refractivity contribution >= 4 is 15.9 Å². The van der Waals surface area contributed by atoms with Gasteiger partial charge in [-0.1, -0.05) is 42.4 Å². The van der Waals surface area contributed by atoms with Crippen LogP contribution in [0.2, 0.25) is 0 Å². The fraction of sp³-hybridized carbons (Fsp3) is 0.385. The summed E-state index contributed by atoms with van der Waals surface area (Å²) in [6, 6.07) is 8.29. The minimum absolute atomic E-state index is 0.475. The highest BCUT2D eigenvalue weighted by atomic mass is 79.9. The van der Waals surface area contributed by atoms with Crippen molar-refractivity contribution in [2.75, 3.05) is 13.2 Å². The third kappa shape index (κ3) is 5.33. The summed E-state index contributed by atoms with van der Waals surface area (Å²) in [5.74, 6) is 0.861. The summed E-state index contributed by atoms with van der Waals surface area (Å²) in [4.78, 5) is 0. The lowest BCUT2D eigenvalue weighted by Gasteiger charge is -2.11. The topological polar surface area (TPSA) is 21.3 Å². The van der Waals surface area contributed by atoms with E-state index in [0.29, 0.717) is 12.6 Å². The molecule has 2 nitrogen and oxygen atoms in total. The molecule has 0 aliphatic rings. The Morgan fingerprint density at radius 2 is 2.25 bits per heavy atom. The van der Waals surface area contributed by atoms with Crippen molar-refractivity contribution in [2.24, 2.45) is 0 Å². The lowest BCUT2D eigenvalue weighted by molar-refractivity contribution is 0.347. The number of hydrogen-bond donors (Lipinski definition) is 1. The second-order valence-corrected chi connectivity index (χ2v) is 4.95. The van der Waals surface area contributed by atoms with Gasteiger partial charge in [-0.15, -0.1) is 0 Å². The van der Waals surface area contributed by atoms with E-state index in [1.54, 1.807) is 0 Å². The predicted molar refractivity (Wildman–Crippen MR) is 71.9 cm³/mol. The average molecular weight is 284 g/mol. The zero-order valence-electron chi connectivity index (χ0n) is 9.79. The summed E-state index contributed by atoms with van der Waals surface area (Å²) in [5, 5.41) is 3.30. The van der Waals surface area contributed by atoms with Crippen molar-refractivity contribution in [3.63, 3.8) is 0 Å². The highest BCUT2D eigenvalue weighted by Gasteiger charge is 1.99. The van der Waals surface area contributed by atoms with E-state index in [9.17, 15) is 0 Å². The van der Waals surface area contributed by atoms with E-state index in [4.69, 9.17) is 4.74 Å². The van der Waals surface area contributed by atoms with E-state index in [1.807, 2.05) is 24.3 Å². The first-order valence-electron chi connectivity index (χ1n) is 5.36. The van der Waals surface area contributed by atoms with Crippen LogP contribution in [0.5, 0.6) is 5.75 Å². The molecule has 1 aromatic rings. The molecule has 1 N–H and O–H groups in total. The quantitative estimate of drug-likeness (QED) is 0.809. The van der Waals surface area contributed by atoms with Gasteiger partial charge in [-0.05, 0) is 23.8 Å². The lowest BCUT2D eigenvalue weighted by Crippen LogP contribution is -2.26. The molecule has 3 heteroatoms. The molecule has 0 atom stereocenters. The first kappa shape index (κ1) is 13.3. The first-order chi connectivity index (χ1) is 7.58. The Morgan fingerprint density at radius 1 is 1.50 bits per heavy atom. The fourth-order valence-electron chi connectivity index (χ4n) is 1.14. The Bertz CT molecular complexity index is 350. The Morgan fingerprint density at radius 3 is 2.88 bits per heavy atom. The van der Waals surface area contributed by atoms with Gasteiger partial charge in [0.2, 0.25) is 0 Å². The van der Waals surface area contributed by atoms with Gasteiger partial charge in [0.25, 0.3) is 0 Å². The standard InChI is InChI=1S/C13H18BrNO/c1-10(2)15-8-11(3)9-16-13-6-4-5-12(14)7-13/h4-7,10,15H,3,8-9H2,1-2H3. The maximum atomic E-state index is 5.61. The molecule has 0 saturated carbocycles. The Kier molecular flexibility index (Phi) is 5.56. The highest BCUT2D eigenvalue weighted by Crippen LogP contribution is 2.17. The van der Waals surface area contributed by atoms with E-state index < -0.39 is 0 Å². The third-order valence-corrected chi connectivity index (χ3v) is 2.49. The molecular weight excluding hydrogens is 266 g/mol. The number of hydrogen-bond acceptors (Lipinski definition) is 2. The van der Waals surface area contributed by atoms with Crippen molar-refractivity contribution < 1.29 is 4.74 Å². The van der Waals surface area contributed by atoms with Crippen molar-refractivity contribution in [3.05, 3.63) is 40.9 Å². The van der Waals surface area contributed by atoms with Gasteiger partial charge in [-0.3, -0.25) is 0 Å². The van der Waals surface area contributed by atoms with E-state index in [-0.39, 0.29) is 0 Å². The van der Waals surface area contributed by atoms with Crippen LogP contribution < -0.4 is 10.1 Å². The molecule has 0 heterocycles. The zero-order valence-corrected chi connectivity index (χ0v) is 11.4. The van der Waals surface area contributed by atoms with Crippen LogP contribution >= 0.6 is 15.9 Å². The minimum atomic E-state index is 0.475. The van der Waals surface area contributed by atoms with Gasteiger partial charge in [0.15, 0.2) is 0 Å². The maximum absolute atomic E-state index is 5.61. The molecule has 0 aromatic heterocycles. The number of nitrogens with one attached hydrogen (secondary N) is 1.